The quantitative estimate of drug-likeness (QED) is 0.364. The van der Waals surface area contributed by atoms with Crippen LogP contribution in [0.1, 0.15) is 0 Å². The number of rotatable bonds is 2. The second-order valence-corrected chi connectivity index (χ2v) is 1.54. The molecule has 0 aliphatic heterocycles. The Morgan fingerprint density at radius 3 is 1.82 bits per heavy atom. The van der Waals surface area contributed by atoms with Crippen LogP contribution in [0.2, 0.25) is 0 Å². The molecule has 0 saturated carbocycles. The maximum Gasteiger partial charge on any atom is 0.224 e. The molecule has 0 aromatic rings. The zero-order chi connectivity index (χ0) is 9.02. The lowest BCUT2D eigenvalue weighted by Gasteiger charge is -1.99. The van der Waals surface area contributed by atoms with E-state index in [1.165, 1.54) is 0 Å². The van der Waals surface area contributed by atoms with Crippen molar-refractivity contribution in [1.29, 1.82) is 0 Å². The van der Waals surface area contributed by atoms with Crippen LogP contribution in [0.25, 0.3) is 0 Å². The SMILES string of the molecule is CO/C(N)=C(F)/C(F)=C(\N)F. The first-order valence-corrected chi connectivity index (χ1v) is 2.51. The van der Waals surface area contributed by atoms with Crippen molar-refractivity contribution in [3.05, 3.63) is 23.5 Å². The fourth-order valence-corrected chi connectivity index (χ4v) is 0.303. The third-order valence-corrected chi connectivity index (χ3v) is 0.839. The molecule has 0 saturated heterocycles. The Bertz CT molecular complexity index is 208. The predicted octanol–water partition coefficient (Wildman–Crippen LogP) is 0.797. The van der Waals surface area contributed by atoms with Crippen molar-refractivity contribution in [1.82, 2.24) is 0 Å². The Balaban J connectivity index is 4.75. The molecule has 0 aromatic carbocycles. The van der Waals surface area contributed by atoms with Crippen molar-refractivity contribution in [2.45, 2.75) is 0 Å². The monoisotopic (exact) mass is 168 g/mol. The number of ether oxygens (including phenoxy) is 1. The summed E-state index contributed by atoms with van der Waals surface area (Å²) in [5, 5.41) is 0. The number of methoxy groups -OCH3 is 1. The molecule has 0 radical (unpaired) electrons. The van der Waals surface area contributed by atoms with Crippen molar-refractivity contribution in [2.24, 2.45) is 11.5 Å². The fraction of sp³-hybridized carbons (Fsp3) is 0.200. The second kappa shape index (κ2) is 3.75. The molecular formula is C5H7F3N2O. The summed E-state index contributed by atoms with van der Waals surface area (Å²) >= 11 is 0. The van der Waals surface area contributed by atoms with Gasteiger partial charge in [-0.05, 0) is 0 Å². The van der Waals surface area contributed by atoms with Crippen LogP contribution >= 0.6 is 0 Å². The number of hydrogen-bond acceptors (Lipinski definition) is 3. The van der Waals surface area contributed by atoms with Crippen molar-refractivity contribution in [3.63, 3.8) is 0 Å². The van der Waals surface area contributed by atoms with E-state index in [0.717, 1.165) is 7.11 Å². The number of allylic oxidation sites excluding steroid dienone is 2. The lowest BCUT2D eigenvalue weighted by Crippen LogP contribution is -2.04. The van der Waals surface area contributed by atoms with E-state index in [2.05, 4.69) is 10.5 Å². The summed E-state index contributed by atoms with van der Waals surface area (Å²) in [7, 11) is 1.01. The smallest absolute Gasteiger partial charge is 0.224 e. The topological polar surface area (TPSA) is 61.3 Å². The normalized spacial score (nSPS) is 15.3. The third-order valence-electron chi connectivity index (χ3n) is 0.839. The molecule has 64 valence electrons. The van der Waals surface area contributed by atoms with Gasteiger partial charge in [0.1, 0.15) is 0 Å². The molecule has 4 N–H and O–H groups in total. The molecule has 0 bridgehead atoms. The minimum atomic E-state index is -1.86. The van der Waals surface area contributed by atoms with Crippen molar-refractivity contribution < 1.29 is 17.9 Å². The summed E-state index contributed by atoms with van der Waals surface area (Å²) in [6.07, 6.45) is 0. The highest BCUT2D eigenvalue weighted by Crippen LogP contribution is 2.17. The van der Waals surface area contributed by atoms with Crippen molar-refractivity contribution in [3.8, 4) is 0 Å². The maximum atomic E-state index is 12.3. The minimum Gasteiger partial charge on any atom is -0.481 e. The van der Waals surface area contributed by atoms with Gasteiger partial charge in [0.2, 0.25) is 23.5 Å². The molecule has 11 heavy (non-hydrogen) atoms. The van der Waals surface area contributed by atoms with Crippen LogP contribution in [0, 0.1) is 0 Å². The molecule has 0 fully saturated rings. The number of hydrogen-bond donors (Lipinski definition) is 2. The van der Waals surface area contributed by atoms with E-state index in [1.807, 2.05) is 0 Å². The molecule has 0 heterocycles. The summed E-state index contributed by atoms with van der Waals surface area (Å²) in [4.78, 5) is 0. The Labute approximate surface area is 61.1 Å². The highest BCUT2D eigenvalue weighted by molar-refractivity contribution is 5.21. The van der Waals surface area contributed by atoms with Gasteiger partial charge in [-0.15, -0.1) is 0 Å². The van der Waals surface area contributed by atoms with Gasteiger partial charge in [-0.1, -0.05) is 0 Å². The van der Waals surface area contributed by atoms with E-state index >= 15 is 0 Å². The van der Waals surface area contributed by atoms with Gasteiger partial charge in [0.05, 0.1) is 7.11 Å². The molecule has 0 aromatic heterocycles. The first-order chi connectivity index (χ1) is 5.00. The van der Waals surface area contributed by atoms with Crippen LogP contribution in [0.5, 0.6) is 0 Å². The van der Waals surface area contributed by atoms with E-state index in [-0.39, 0.29) is 0 Å². The first-order valence-electron chi connectivity index (χ1n) is 2.51. The molecule has 0 rings (SSSR count). The summed E-state index contributed by atoms with van der Waals surface area (Å²) in [5.41, 5.74) is 9.02. The van der Waals surface area contributed by atoms with Crippen LogP contribution in [-0.2, 0) is 4.74 Å². The Morgan fingerprint density at radius 1 is 1.09 bits per heavy atom. The predicted molar refractivity (Wildman–Crippen MR) is 32.8 cm³/mol. The van der Waals surface area contributed by atoms with Gasteiger partial charge < -0.3 is 16.2 Å². The van der Waals surface area contributed by atoms with Gasteiger partial charge in [0.15, 0.2) is 0 Å². The van der Waals surface area contributed by atoms with Crippen LogP contribution in [-0.4, -0.2) is 7.11 Å². The Kier molecular flexibility index (Phi) is 3.29. The maximum absolute atomic E-state index is 12.3. The zero-order valence-corrected chi connectivity index (χ0v) is 5.70. The number of halogens is 3. The van der Waals surface area contributed by atoms with E-state index < -0.39 is 23.5 Å². The zero-order valence-electron chi connectivity index (χ0n) is 5.70. The standard InChI is InChI=1S/C5H7F3N2O/c1-11-5(10)3(7)2(6)4(8)9/h9-10H2,1H3/b4-2+,5-3-. The molecule has 0 amide bonds. The van der Waals surface area contributed by atoms with Crippen molar-refractivity contribution in [2.75, 3.05) is 7.11 Å². The molecule has 6 heteroatoms. The van der Waals surface area contributed by atoms with Gasteiger partial charge in [-0.2, -0.15) is 13.2 Å². The van der Waals surface area contributed by atoms with E-state index in [4.69, 9.17) is 5.73 Å². The van der Waals surface area contributed by atoms with Gasteiger partial charge in [0.25, 0.3) is 0 Å². The van der Waals surface area contributed by atoms with Gasteiger partial charge in [-0.25, -0.2) is 0 Å². The van der Waals surface area contributed by atoms with Crippen molar-refractivity contribution >= 4 is 0 Å². The van der Waals surface area contributed by atoms with Gasteiger partial charge in [-0.3, -0.25) is 0 Å². The first kappa shape index (κ1) is 9.67. The van der Waals surface area contributed by atoms with Gasteiger partial charge >= 0.3 is 0 Å². The minimum absolute atomic E-state index is 0.858. The average molecular weight is 168 g/mol. The lowest BCUT2D eigenvalue weighted by molar-refractivity contribution is 0.268. The van der Waals surface area contributed by atoms with E-state index in [1.54, 1.807) is 0 Å². The highest BCUT2D eigenvalue weighted by atomic mass is 19.2. The molecule has 0 aliphatic rings. The van der Waals surface area contributed by atoms with Crippen LogP contribution < -0.4 is 11.5 Å². The molecule has 0 spiro atoms. The lowest BCUT2D eigenvalue weighted by atomic mass is 10.4. The average Bonchev–Trinajstić information content (AvgIpc) is 2.00. The summed E-state index contributed by atoms with van der Waals surface area (Å²) in [5.74, 6) is -6.14. The largest absolute Gasteiger partial charge is 0.481 e. The molecule has 0 aliphatic carbocycles. The summed E-state index contributed by atoms with van der Waals surface area (Å²) in [6.45, 7) is 0. The second-order valence-electron chi connectivity index (χ2n) is 1.54. The molecule has 0 atom stereocenters. The molecule has 3 nitrogen and oxygen atoms in total. The Hall–Kier alpha value is -1.33. The Morgan fingerprint density at radius 2 is 1.55 bits per heavy atom. The summed E-state index contributed by atoms with van der Waals surface area (Å²) < 4.78 is 40.3. The van der Waals surface area contributed by atoms with Gasteiger partial charge in [0, 0.05) is 0 Å². The third kappa shape index (κ3) is 2.40. The van der Waals surface area contributed by atoms with E-state index in [0.29, 0.717) is 0 Å². The number of nitrogens with two attached hydrogens (primary N) is 2. The van der Waals surface area contributed by atoms with E-state index in [9.17, 15) is 13.2 Å². The van der Waals surface area contributed by atoms with Crippen LogP contribution in [0.15, 0.2) is 23.5 Å². The highest BCUT2D eigenvalue weighted by Gasteiger charge is 2.13. The summed E-state index contributed by atoms with van der Waals surface area (Å²) in [6, 6.07) is 0. The molecular weight excluding hydrogens is 161 g/mol. The molecule has 0 unspecified atom stereocenters. The van der Waals surface area contributed by atoms with Crippen LogP contribution in [0.4, 0.5) is 13.2 Å². The fourth-order valence-electron chi connectivity index (χ4n) is 0.303. The van der Waals surface area contributed by atoms with Crippen LogP contribution in [0.3, 0.4) is 0 Å².